The van der Waals surface area contributed by atoms with Gasteiger partial charge in [0, 0.05) is 19.5 Å². The summed E-state index contributed by atoms with van der Waals surface area (Å²) >= 11 is 0. The van der Waals surface area contributed by atoms with Gasteiger partial charge in [-0.05, 0) is 36.9 Å². The van der Waals surface area contributed by atoms with Gasteiger partial charge < -0.3 is 10.3 Å². The highest BCUT2D eigenvalue weighted by Gasteiger charge is 2.18. The molecule has 0 atom stereocenters. The fourth-order valence-corrected chi connectivity index (χ4v) is 2.41. The lowest BCUT2D eigenvalue weighted by Crippen LogP contribution is -2.18. The van der Waals surface area contributed by atoms with Gasteiger partial charge in [0.15, 0.2) is 0 Å². The summed E-state index contributed by atoms with van der Waals surface area (Å²) in [6.45, 7) is 5.16. The smallest absolute Gasteiger partial charge is 0.125 e. The molecule has 0 spiro atoms. The average molecular weight is 263 g/mol. The van der Waals surface area contributed by atoms with E-state index in [4.69, 9.17) is 5.73 Å². The minimum Gasteiger partial charge on any atom is -0.331 e. The van der Waals surface area contributed by atoms with E-state index in [-0.39, 0.29) is 11.2 Å². The molecule has 4 heteroatoms. The maximum atomic E-state index is 13.2. The molecule has 1 aromatic carbocycles. The Hall–Kier alpha value is -1.42. The van der Waals surface area contributed by atoms with Crippen molar-refractivity contribution in [1.29, 1.82) is 0 Å². The number of benzene rings is 1. The van der Waals surface area contributed by atoms with Crippen LogP contribution >= 0.6 is 0 Å². The Morgan fingerprint density at radius 3 is 2.74 bits per heavy atom. The first-order valence-electron chi connectivity index (χ1n) is 6.74. The first kappa shape index (κ1) is 14.0. The van der Waals surface area contributed by atoms with Gasteiger partial charge in [-0.15, -0.1) is 0 Å². The standard InChI is InChI=1S/C15H22FN3/c1-15(2,8-9-17)7-6-14-18-12-10-11(16)4-5-13(12)19(14)3/h4-5,10H,6-9,17H2,1-3H3. The molecule has 0 saturated carbocycles. The van der Waals surface area contributed by atoms with Crippen LogP contribution in [-0.4, -0.2) is 16.1 Å². The number of hydrogen-bond acceptors (Lipinski definition) is 2. The van der Waals surface area contributed by atoms with Crippen LogP contribution in [0.5, 0.6) is 0 Å². The molecular weight excluding hydrogens is 241 g/mol. The van der Waals surface area contributed by atoms with Crippen molar-refractivity contribution in [1.82, 2.24) is 9.55 Å². The molecule has 2 rings (SSSR count). The monoisotopic (exact) mass is 263 g/mol. The number of aromatic nitrogens is 2. The Labute approximate surface area is 113 Å². The summed E-state index contributed by atoms with van der Waals surface area (Å²) < 4.78 is 15.2. The van der Waals surface area contributed by atoms with E-state index >= 15 is 0 Å². The zero-order valence-corrected chi connectivity index (χ0v) is 11.9. The van der Waals surface area contributed by atoms with Crippen LogP contribution in [0, 0.1) is 11.2 Å². The van der Waals surface area contributed by atoms with Crippen LogP contribution in [0.25, 0.3) is 11.0 Å². The van der Waals surface area contributed by atoms with Crippen LogP contribution in [0.1, 0.15) is 32.5 Å². The highest BCUT2D eigenvalue weighted by atomic mass is 19.1. The fraction of sp³-hybridized carbons (Fsp3) is 0.533. The van der Waals surface area contributed by atoms with Gasteiger partial charge >= 0.3 is 0 Å². The lowest BCUT2D eigenvalue weighted by molar-refractivity contribution is 0.310. The van der Waals surface area contributed by atoms with E-state index in [1.54, 1.807) is 6.07 Å². The van der Waals surface area contributed by atoms with E-state index in [9.17, 15) is 4.39 Å². The van der Waals surface area contributed by atoms with E-state index in [0.717, 1.165) is 36.1 Å². The predicted octanol–water partition coefficient (Wildman–Crippen LogP) is 3.02. The Morgan fingerprint density at radius 1 is 1.32 bits per heavy atom. The van der Waals surface area contributed by atoms with E-state index in [0.29, 0.717) is 6.54 Å². The Bertz CT molecular complexity index is 572. The molecule has 0 bridgehead atoms. The molecule has 1 aromatic heterocycles. The second kappa shape index (κ2) is 5.29. The zero-order valence-electron chi connectivity index (χ0n) is 11.9. The normalized spacial score (nSPS) is 12.3. The van der Waals surface area contributed by atoms with Gasteiger partial charge in [-0.1, -0.05) is 13.8 Å². The number of rotatable bonds is 5. The minimum absolute atomic E-state index is 0.220. The number of halogens is 1. The molecule has 3 nitrogen and oxygen atoms in total. The summed E-state index contributed by atoms with van der Waals surface area (Å²) in [4.78, 5) is 4.53. The molecule has 2 aromatic rings. The third-order valence-electron chi connectivity index (χ3n) is 3.78. The lowest BCUT2D eigenvalue weighted by atomic mass is 9.84. The van der Waals surface area contributed by atoms with E-state index in [1.165, 1.54) is 12.1 Å². The topological polar surface area (TPSA) is 43.8 Å². The largest absolute Gasteiger partial charge is 0.331 e. The molecule has 2 N–H and O–H groups in total. The molecular formula is C15H22FN3. The van der Waals surface area contributed by atoms with E-state index in [1.807, 2.05) is 11.6 Å². The van der Waals surface area contributed by atoms with Crippen molar-refractivity contribution < 1.29 is 4.39 Å². The van der Waals surface area contributed by atoms with Crippen LogP contribution in [-0.2, 0) is 13.5 Å². The Balaban J connectivity index is 2.19. The van der Waals surface area contributed by atoms with Gasteiger partial charge in [-0.3, -0.25) is 0 Å². The quantitative estimate of drug-likeness (QED) is 0.901. The average Bonchev–Trinajstić information content (AvgIpc) is 2.63. The molecule has 0 fully saturated rings. The van der Waals surface area contributed by atoms with Crippen molar-refractivity contribution in [2.24, 2.45) is 18.2 Å². The van der Waals surface area contributed by atoms with Crippen molar-refractivity contribution in [2.75, 3.05) is 6.54 Å². The predicted molar refractivity (Wildman–Crippen MR) is 76.4 cm³/mol. The highest BCUT2D eigenvalue weighted by Crippen LogP contribution is 2.27. The van der Waals surface area contributed by atoms with Crippen LogP contribution in [0.15, 0.2) is 18.2 Å². The summed E-state index contributed by atoms with van der Waals surface area (Å²) in [7, 11) is 1.98. The molecule has 0 aliphatic rings. The summed E-state index contributed by atoms with van der Waals surface area (Å²) in [5, 5.41) is 0. The minimum atomic E-state index is -0.236. The molecule has 0 unspecified atom stereocenters. The molecule has 0 aliphatic carbocycles. The molecule has 0 saturated heterocycles. The van der Waals surface area contributed by atoms with Crippen molar-refractivity contribution in [2.45, 2.75) is 33.1 Å². The first-order valence-corrected chi connectivity index (χ1v) is 6.74. The number of hydrogen-bond donors (Lipinski definition) is 1. The van der Waals surface area contributed by atoms with Crippen LogP contribution in [0.2, 0.25) is 0 Å². The number of nitrogens with zero attached hydrogens (tertiary/aromatic N) is 2. The molecule has 104 valence electrons. The van der Waals surface area contributed by atoms with E-state index < -0.39 is 0 Å². The molecule has 19 heavy (non-hydrogen) atoms. The molecule has 0 amide bonds. The van der Waals surface area contributed by atoms with Gasteiger partial charge in [0.2, 0.25) is 0 Å². The molecule has 0 aliphatic heterocycles. The highest BCUT2D eigenvalue weighted by molar-refractivity contribution is 5.75. The van der Waals surface area contributed by atoms with Crippen molar-refractivity contribution >= 4 is 11.0 Å². The van der Waals surface area contributed by atoms with Gasteiger partial charge in [0.1, 0.15) is 11.6 Å². The van der Waals surface area contributed by atoms with Crippen LogP contribution < -0.4 is 5.73 Å². The summed E-state index contributed by atoms with van der Waals surface area (Å²) in [6, 6.07) is 4.75. The van der Waals surface area contributed by atoms with Gasteiger partial charge in [-0.2, -0.15) is 0 Å². The Kier molecular flexibility index (Phi) is 3.90. The van der Waals surface area contributed by atoms with Crippen molar-refractivity contribution in [3.8, 4) is 0 Å². The van der Waals surface area contributed by atoms with Gasteiger partial charge in [0.25, 0.3) is 0 Å². The van der Waals surface area contributed by atoms with Gasteiger partial charge in [0.05, 0.1) is 11.0 Å². The van der Waals surface area contributed by atoms with Crippen molar-refractivity contribution in [3.05, 3.63) is 29.8 Å². The maximum absolute atomic E-state index is 13.2. The number of aryl methyl sites for hydroxylation is 2. The zero-order chi connectivity index (χ0) is 14.0. The summed E-state index contributed by atoms with van der Waals surface area (Å²) in [5.41, 5.74) is 7.56. The first-order chi connectivity index (χ1) is 8.93. The molecule has 1 heterocycles. The van der Waals surface area contributed by atoms with Crippen LogP contribution in [0.3, 0.4) is 0 Å². The fourth-order valence-electron chi connectivity index (χ4n) is 2.41. The van der Waals surface area contributed by atoms with Crippen LogP contribution in [0.4, 0.5) is 4.39 Å². The maximum Gasteiger partial charge on any atom is 0.125 e. The SMILES string of the molecule is Cn1c(CCC(C)(C)CCN)nc2cc(F)ccc21. The molecule has 0 radical (unpaired) electrons. The number of imidazole rings is 1. The number of nitrogens with two attached hydrogens (primary N) is 1. The Morgan fingerprint density at radius 2 is 2.05 bits per heavy atom. The summed E-state index contributed by atoms with van der Waals surface area (Å²) in [6.07, 6.45) is 2.93. The second-order valence-electron chi connectivity index (χ2n) is 5.92. The lowest BCUT2D eigenvalue weighted by Gasteiger charge is -2.23. The third kappa shape index (κ3) is 3.13. The summed E-state index contributed by atoms with van der Waals surface area (Å²) in [5.74, 6) is 0.770. The van der Waals surface area contributed by atoms with Crippen molar-refractivity contribution in [3.63, 3.8) is 0 Å². The number of fused-ring (bicyclic) bond motifs is 1. The third-order valence-corrected chi connectivity index (χ3v) is 3.78. The van der Waals surface area contributed by atoms with E-state index in [2.05, 4.69) is 18.8 Å². The second-order valence-corrected chi connectivity index (χ2v) is 5.92. The van der Waals surface area contributed by atoms with Gasteiger partial charge in [-0.25, -0.2) is 9.37 Å².